The van der Waals surface area contributed by atoms with Crippen molar-refractivity contribution in [3.8, 4) is 5.75 Å². The number of benzene rings is 1. The number of fused-ring (bicyclic) bond motifs is 1. The molecule has 0 amide bonds. The van der Waals surface area contributed by atoms with E-state index in [1.165, 1.54) is 6.26 Å². The zero-order chi connectivity index (χ0) is 15.7. The molecule has 1 aromatic heterocycles. The molecule has 118 valence electrons. The monoisotopic (exact) mass is 322 g/mol. The molecule has 3 rings (SSSR count). The maximum absolute atomic E-state index is 12.3. The Morgan fingerprint density at radius 1 is 1.36 bits per heavy atom. The van der Waals surface area contributed by atoms with Crippen LogP contribution in [0.1, 0.15) is 34.8 Å². The molecule has 6 nitrogen and oxygen atoms in total. The number of aryl methyl sites for hydroxylation is 2. The molecule has 0 spiro atoms. The van der Waals surface area contributed by atoms with Crippen LogP contribution in [0.3, 0.4) is 0 Å². The maximum Gasteiger partial charge on any atom is 0.218 e. The fraction of sp³-hybridized carbons (Fsp3) is 0.400. The molecular weight excluding hydrogens is 304 g/mol. The summed E-state index contributed by atoms with van der Waals surface area (Å²) >= 11 is 0. The van der Waals surface area contributed by atoms with E-state index in [1.54, 1.807) is 6.07 Å². The molecule has 0 fully saturated rings. The van der Waals surface area contributed by atoms with Crippen LogP contribution in [-0.2, 0) is 15.8 Å². The van der Waals surface area contributed by atoms with Gasteiger partial charge in [0.2, 0.25) is 10.0 Å². The van der Waals surface area contributed by atoms with Gasteiger partial charge in [-0.25, -0.2) is 13.1 Å². The fourth-order valence-electron chi connectivity index (χ4n) is 2.77. The first-order valence-electron chi connectivity index (χ1n) is 7.08. The smallest absolute Gasteiger partial charge is 0.218 e. The first-order valence-corrected chi connectivity index (χ1v) is 8.73. The van der Waals surface area contributed by atoms with Crippen LogP contribution in [0.5, 0.6) is 5.75 Å². The Kier molecular flexibility index (Phi) is 3.92. The Hall–Kier alpha value is -1.86. The third-order valence-corrected chi connectivity index (χ3v) is 4.95. The van der Waals surface area contributed by atoms with Crippen molar-refractivity contribution in [3.05, 3.63) is 46.8 Å². The average molecular weight is 322 g/mol. The van der Waals surface area contributed by atoms with Gasteiger partial charge < -0.3 is 9.26 Å². The second-order valence-electron chi connectivity index (χ2n) is 5.56. The number of sulfonamides is 1. The van der Waals surface area contributed by atoms with Crippen molar-refractivity contribution in [2.75, 3.05) is 6.61 Å². The second-order valence-corrected chi connectivity index (χ2v) is 7.31. The predicted octanol–water partition coefficient (Wildman–Crippen LogP) is 2.23. The highest BCUT2D eigenvalue weighted by atomic mass is 32.2. The Morgan fingerprint density at radius 3 is 2.91 bits per heavy atom. The van der Waals surface area contributed by atoms with Crippen molar-refractivity contribution in [3.63, 3.8) is 0 Å². The summed E-state index contributed by atoms with van der Waals surface area (Å²) in [6.07, 6.45) is 1.97. The number of nitrogens with zero attached hydrogens (tertiary/aromatic N) is 1. The van der Waals surface area contributed by atoms with Crippen LogP contribution in [0.15, 0.2) is 29.0 Å². The number of rotatable bonds is 4. The number of hydrogen-bond donors (Lipinski definition) is 1. The Balaban J connectivity index is 1.85. The van der Waals surface area contributed by atoms with E-state index in [9.17, 15) is 8.42 Å². The van der Waals surface area contributed by atoms with Crippen LogP contribution >= 0.6 is 0 Å². The van der Waals surface area contributed by atoms with Gasteiger partial charge in [0.05, 0.1) is 18.3 Å². The highest BCUT2D eigenvalue weighted by molar-refractivity contribution is 7.88. The van der Waals surface area contributed by atoms with Crippen LogP contribution in [-0.4, -0.2) is 20.2 Å². The summed E-state index contributed by atoms with van der Waals surface area (Å²) in [6, 6.07) is 5.28. The first kappa shape index (κ1) is 15.1. The molecule has 2 aromatic rings. The van der Waals surface area contributed by atoms with Gasteiger partial charge in [-0.3, -0.25) is 0 Å². The van der Waals surface area contributed by atoms with E-state index in [4.69, 9.17) is 4.74 Å². The normalized spacial score (nSPS) is 17.8. The second kappa shape index (κ2) is 5.73. The molecule has 1 aromatic carbocycles. The van der Waals surface area contributed by atoms with Crippen molar-refractivity contribution in [2.45, 2.75) is 32.1 Å². The predicted molar refractivity (Wildman–Crippen MR) is 81.0 cm³/mol. The zero-order valence-electron chi connectivity index (χ0n) is 12.5. The number of nitrogens with one attached hydrogen (secondary N) is 1. The first-order chi connectivity index (χ1) is 10.4. The SMILES string of the molecule is Cc1cc(C)c2c(c1)C(NS(=O)(=O)Cc1ccon1)CCO2. The van der Waals surface area contributed by atoms with Gasteiger partial charge in [-0.1, -0.05) is 22.9 Å². The summed E-state index contributed by atoms with van der Waals surface area (Å²) in [5.74, 6) is 0.590. The van der Waals surface area contributed by atoms with Crippen LogP contribution < -0.4 is 9.46 Å². The minimum atomic E-state index is -3.50. The topological polar surface area (TPSA) is 81.4 Å². The van der Waals surface area contributed by atoms with Gasteiger partial charge in [0, 0.05) is 18.1 Å². The molecule has 1 aliphatic heterocycles. The van der Waals surface area contributed by atoms with Crippen LogP contribution in [0.4, 0.5) is 0 Å². The lowest BCUT2D eigenvalue weighted by Crippen LogP contribution is -2.33. The molecule has 0 bridgehead atoms. The molecule has 1 N–H and O–H groups in total. The van der Waals surface area contributed by atoms with Crippen molar-refractivity contribution in [1.29, 1.82) is 0 Å². The van der Waals surface area contributed by atoms with Gasteiger partial charge in [0.1, 0.15) is 17.8 Å². The molecule has 1 aliphatic rings. The molecule has 0 saturated carbocycles. The molecule has 7 heteroatoms. The van der Waals surface area contributed by atoms with E-state index in [2.05, 4.69) is 14.4 Å². The fourth-order valence-corrected chi connectivity index (χ4v) is 4.07. The standard InChI is InChI=1S/C15H18N2O4S/c1-10-7-11(2)15-13(8-10)14(4-5-20-15)17-22(18,19)9-12-3-6-21-16-12/h3,6-8,14,17H,4-5,9H2,1-2H3. The van der Waals surface area contributed by atoms with Gasteiger partial charge in [0.25, 0.3) is 0 Å². The van der Waals surface area contributed by atoms with E-state index in [0.29, 0.717) is 18.7 Å². The maximum atomic E-state index is 12.3. The van der Waals surface area contributed by atoms with E-state index in [1.807, 2.05) is 26.0 Å². The van der Waals surface area contributed by atoms with Crippen LogP contribution in [0.25, 0.3) is 0 Å². The van der Waals surface area contributed by atoms with E-state index < -0.39 is 10.0 Å². The van der Waals surface area contributed by atoms with Crippen molar-refractivity contribution in [1.82, 2.24) is 9.88 Å². The summed E-state index contributed by atoms with van der Waals surface area (Å²) in [5.41, 5.74) is 3.39. The molecule has 0 saturated heterocycles. The van der Waals surface area contributed by atoms with Crippen LogP contribution in [0, 0.1) is 13.8 Å². The van der Waals surface area contributed by atoms with Crippen LogP contribution in [0.2, 0.25) is 0 Å². The highest BCUT2D eigenvalue weighted by Crippen LogP contribution is 2.36. The molecular formula is C15H18N2O4S. The largest absolute Gasteiger partial charge is 0.493 e. The Morgan fingerprint density at radius 2 is 2.18 bits per heavy atom. The summed E-state index contributed by atoms with van der Waals surface area (Å²) < 4.78 is 37.8. The summed E-state index contributed by atoms with van der Waals surface area (Å²) in [7, 11) is -3.50. The number of aromatic nitrogens is 1. The molecule has 0 aliphatic carbocycles. The van der Waals surface area contributed by atoms with Crippen molar-refractivity contribution < 1.29 is 17.7 Å². The highest BCUT2D eigenvalue weighted by Gasteiger charge is 2.27. The Labute approximate surface area is 129 Å². The third kappa shape index (κ3) is 3.15. The van der Waals surface area contributed by atoms with E-state index in [0.717, 1.165) is 22.4 Å². The lowest BCUT2D eigenvalue weighted by Gasteiger charge is -2.28. The number of hydrogen-bond acceptors (Lipinski definition) is 5. The molecule has 0 radical (unpaired) electrons. The molecule has 22 heavy (non-hydrogen) atoms. The van der Waals surface area contributed by atoms with Gasteiger partial charge >= 0.3 is 0 Å². The third-order valence-electron chi connectivity index (χ3n) is 3.63. The quantitative estimate of drug-likeness (QED) is 0.933. The molecule has 1 unspecified atom stereocenters. The lowest BCUT2D eigenvalue weighted by atomic mass is 9.96. The minimum Gasteiger partial charge on any atom is -0.493 e. The average Bonchev–Trinajstić information content (AvgIpc) is 2.91. The van der Waals surface area contributed by atoms with Gasteiger partial charge in [-0.15, -0.1) is 0 Å². The minimum absolute atomic E-state index is 0.193. The molecule has 2 heterocycles. The summed E-state index contributed by atoms with van der Waals surface area (Å²) in [5, 5.41) is 3.65. The van der Waals surface area contributed by atoms with Crippen molar-refractivity contribution in [2.24, 2.45) is 0 Å². The van der Waals surface area contributed by atoms with Crippen molar-refractivity contribution >= 4 is 10.0 Å². The molecule has 1 atom stereocenters. The Bertz CT molecular complexity index is 769. The van der Waals surface area contributed by atoms with E-state index >= 15 is 0 Å². The lowest BCUT2D eigenvalue weighted by molar-refractivity contribution is 0.261. The summed E-state index contributed by atoms with van der Waals surface area (Å²) in [6.45, 7) is 4.45. The summed E-state index contributed by atoms with van der Waals surface area (Å²) in [4.78, 5) is 0. The van der Waals surface area contributed by atoms with Gasteiger partial charge in [-0.2, -0.15) is 0 Å². The van der Waals surface area contributed by atoms with E-state index in [-0.39, 0.29) is 11.8 Å². The van der Waals surface area contributed by atoms with Gasteiger partial charge in [0.15, 0.2) is 0 Å². The van der Waals surface area contributed by atoms with Gasteiger partial charge in [-0.05, 0) is 19.4 Å². The number of ether oxygens (including phenoxy) is 1. The zero-order valence-corrected chi connectivity index (χ0v) is 13.3.